The Labute approximate surface area is 158 Å². The number of nitrogens with zero attached hydrogens (tertiary/aromatic N) is 2. The number of rotatable bonds is 6. The molecule has 2 heterocycles. The van der Waals surface area contributed by atoms with E-state index >= 15 is 0 Å². The summed E-state index contributed by atoms with van der Waals surface area (Å²) in [7, 11) is 0. The van der Waals surface area contributed by atoms with E-state index in [0.29, 0.717) is 30.5 Å². The van der Waals surface area contributed by atoms with E-state index in [0.717, 1.165) is 37.2 Å². The van der Waals surface area contributed by atoms with E-state index in [1.165, 1.54) is 0 Å². The van der Waals surface area contributed by atoms with Crippen molar-refractivity contribution in [1.82, 2.24) is 10.3 Å². The minimum absolute atomic E-state index is 0.253. The van der Waals surface area contributed by atoms with Gasteiger partial charge < -0.3 is 20.3 Å². The highest BCUT2D eigenvalue weighted by atomic mass is 35.5. The van der Waals surface area contributed by atoms with E-state index in [2.05, 4.69) is 20.5 Å². The average Bonchev–Trinajstić information content (AvgIpc) is 2.68. The molecule has 0 aliphatic carbocycles. The molecule has 7 heteroatoms. The number of hydrogen-bond acceptors (Lipinski definition) is 4. The molecule has 2 aromatic rings. The van der Waals surface area contributed by atoms with Crippen molar-refractivity contribution in [2.24, 2.45) is 0 Å². The summed E-state index contributed by atoms with van der Waals surface area (Å²) in [4.78, 5) is 18.4. The van der Waals surface area contributed by atoms with Crippen LogP contribution in [0.5, 0.6) is 0 Å². The molecule has 1 aromatic heterocycles. The lowest BCUT2D eigenvalue weighted by Gasteiger charge is -2.29. The third-order valence-electron chi connectivity index (χ3n) is 4.22. The SMILES string of the molecule is O=C(NCCCc1cccnc1)Nc1cc(N2CCOCC2)ccc1Cl. The normalized spacial score (nSPS) is 14.1. The maximum absolute atomic E-state index is 12.1. The maximum atomic E-state index is 12.1. The fourth-order valence-electron chi connectivity index (χ4n) is 2.83. The van der Waals surface area contributed by atoms with Gasteiger partial charge in [-0.15, -0.1) is 0 Å². The van der Waals surface area contributed by atoms with E-state index in [9.17, 15) is 4.79 Å². The number of ether oxygens (including phenoxy) is 1. The Kier molecular flexibility index (Phi) is 6.68. The first-order chi connectivity index (χ1) is 12.7. The van der Waals surface area contributed by atoms with Crippen LogP contribution in [-0.4, -0.2) is 43.9 Å². The number of nitrogens with one attached hydrogen (secondary N) is 2. The van der Waals surface area contributed by atoms with Gasteiger partial charge >= 0.3 is 6.03 Å². The molecule has 1 saturated heterocycles. The molecule has 0 saturated carbocycles. The van der Waals surface area contributed by atoms with Crippen molar-refractivity contribution < 1.29 is 9.53 Å². The summed E-state index contributed by atoms with van der Waals surface area (Å²) in [6, 6.07) is 9.37. The summed E-state index contributed by atoms with van der Waals surface area (Å²) >= 11 is 6.23. The highest BCUT2D eigenvalue weighted by Gasteiger charge is 2.13. The Morgan fingerprint density at radius 2 is 2.12 bits per heavy atom. The number of morpholine rings is 1. The topological polar surface area (TPSA) is 66.5 Å². The van der Waals surface area contributed by atoms with Crippen molar-refractivity contribution in [2.45, 2.75) is 12.8 Å². The molecule has 0 spiro atoms. The lowest BCUT2D eigenvalue weighted by atomic mass is 10.1. The molecule has 0 atom stereocenters. The van der Waals surface area contributed by atoms with E-state index in [4.69, 9.17) is 16.3 Å². The van der Waals surface area contributed by atoms with Gasteiger partial charge in [-0.3, -0.25) is 4.98 Å². The summed E-state index contributed by atoms with van der Waals surface area (Å²) in [6.07, 6.45) is 5.32. The van der Waals surface area contributed by atoms with Crippen LogP contribution in [0.3, 0.4) is 0 Å². The number of benzene rings is 1. The van der Waals surface area contributed by atoms with Crippen molar-refractivity contribution in [3.05, 3.63) is 53.3 Å². The van der Waals surface area contributed by atoms with Gasteiger partial charge in [-0.2, -0.15) is 0 Å². The lowest BCUT2D eigenvalue weighted by molar-refractivity contribution is 0.122. The zero-order valence-corrected chi connectivity index (χ0v) is 15.3. The van der Waals surface area contributed by atoms with Crippen LogP contribution < -0.4 is 15.5 Å². The van der Waals surface area contributed by atoms with E-state index < -0.39 is 0 Å². The highest BCUT2D eigenvalue weighted by molar-refractivity contribution is 6.33. The first-order valence-electron chi connectivity index (χ1n) is 8.78. The molecule has 1 aliphatic heterocycles. The van der Waals surface area contributed by atoms with Crippen LogP contribution in [0, 0.1) is 0 Å². The van der Waals surface area contributed by atoms with Crippen LogP contribution in [-0.2, 0) is 11.2 Å². The minimum Gasteiger partial charge on any atom is -0.378 e. The van der Waals surface area contributed by atoms with E-state index in [1.807, 2.05) is 36.5 Å². The zero-order valence-electron chi connectivity index (χ0n) is 14.6. The zero-order chi connectivity index (χ0) is 18.2. The number of anilines is 2. The van der Waals surface area contributed by atoms with Gasteiger partial charge in [0.2, 0.25) is 0 Å². The second kappa shape index (κ2) is 9.40. The van der Waals surface area contributed by atoms with Crippen LogP contribution >= 0.6 is 11.6 Å². The largest absolute Gasteiger partial charge is 0.378 e. The molecule has 3 rings (SSSR count). The third kappa shape index (κ3) is 5.34. The van der Waals surface area contributed by atoms with Gasteiger partial charge in [0.1, 0.15) is 0 Å². The van der Waals surface area contributed by atoms with Crippen LogP contribution in [0.25, 0.3) is 0 Å². The Morgan fingerprint density at radius 3 is 2.88 bits per heavy atom. The maximum Gasteiger partial charge on any atom is 0.319 e. The quantitative estimate of drug-likeness (QED) is 0.761. The highest BCUT2D eigenvalue weighted by Crippen LogP contribution is 2.28. The van der Waals surface area contributed by atoms with Crippen molar-refractivity contribution in [3.8, 4) is 0 Å². The van der Waals surface area contributed by atoms with Gasteiger partial charge in [0.25, 0.3) is 0 Å². The van der Waals surface area contributed by atoms with Gasteiger partial charge in [-0.05, 0) is 42.7 Å². The Hall–Kier alpha value is -2.31. The number of halogens is 1. The van der Waals surface area contributed by atoms with Gasteiger partial charge in [0.15, 0.2) is 0 Å². The predicted molar refractivity (Wildman–Crippen MR) is 104 cm³/mol. The second-order valence-corrected chi connectivity index (χ2v) is 6.52. The van der Waals surface area contributed by atoms with Gasteiger partial charge in [-0.1, -0.05) is 17.7 Å². The molecule has 1 fully saturated rings. The Bertz CT molecular complexity index is 721. The average molecular weight is 375 g/mol. The number of aryl methyl sites for hydroxylation is 1. The number of amides is 2. The molecule has 0 radical (unpaired) electrons. The molecule has 1 aliphatic rings. The minimum atomic E-state index is -0.253. The second-order valence-electron chi connectivity index (χ2n) is 6.11. The number of hydrogen-bond donors (Lipinski definition) is 2. The number of carbonyl (C=O) groups is 1. The predicted octanol–water partition coefficient (Wildman–Crippen LogP) is 3.33. The monoisotopic (exact) mass is 374 g/mol. The van der Waals surface area contributed by atoms with E-state index in [-0.39, 0.29) is 6.03 Å². The Balaban J connectivity index is 1.48. The fourth-order valence-corrected chi connectivity index (χ4v) is 3.00. The van der Waals surface area contributed by atoms with Crippen LogP contribution in [0.2, 0.25) is 5.02 Å². The van der Waals surface area contributed by atoms with Crippen molar-refractivity contribution in [3.63, 3.8) is 0 Å². The summed E-state index contributed by atoms with van der Waals surface area (Å²) < 4.78 is 5.38. The summed E-state index contributed by atoms with van der Waals surface area (Å²) in [6.45, 7) is 3.68. The first kappa shape index (κ1) is 18.5. The number of aromatic nitrogens is 1. The molecular weight excluding hydrogens is 352 g/mol. The van der Waals surface area contributed by atoms with Crippen LogP contribution in [0.4, 0.5) is 16.2 Å². The summed E-state index contributed by atoms with van der Waals surface area (Å²) in [5.74, 6) is 0. The number of carbonyl (C=O) groups excluding carboxylic acids is 1. The molecule has 0 bridgehead atoms. The number of pyridine rings is 1. The van der Waals surface area contributed by atoms with Crippen molar-refractivity contribution in [2.75, 3.05) is 43.1 Å². The van der Waals surface area contributed by atoms with E-state index in [1.54, 1.807) is 6.20 Å². The molecule has 2 amide bonds. The number of urea groups is 1. The smallest absolute Gasteiger partial charge is 0.319 e. The molecule has 1 aromatic carbocycles. The van der Waals surface area contributed by atoms with Gasteiger partial charge in [-0.25, -0.2) is 4.79 Å². The molecule has 2 N–H and O–H groups in total. The third-order valence-corrected chi connectivity index (χ3v) is 4.55. The van der Waals surface area contributed by atoms with Gasteiger partial charge in [0, 0.05) is 37.7 Å². The summed E-state index contributed by atoms with van der Waals surface area (Å²) in [5.41, 5.74) is 2.81. The summed E-state index contributed by atoms with van der Waals surface area (Å²) in [5, 5.41) is 6.22. The molecule has 6 nitrogen and oxygen atoms in total. The molecule has 138 valence electrons. The Morgan fingerprint density at radius 1 is 1.27 bits per heavy atom. The molecule has 0 unspecified atom stereocenters. The van der Waals surface area contributed by atoms with Gasteiger partial charge in [0.05, 0.1) is 23.9 Å². The first-order valence-corrected chi connectivity index (χ1v) is 9.16. The lowest BCUT2D eigenvalue weighted by Crippen LogP contribution is -2.36. The molecule has 26 heavy (non-hydrogen) atoms. The fraction of sp³-hybridized carbons (Fsp3) is 0.368. The van der Waals surface area contributed by atoms with Crippen LogP contribution in [0.15, 0.2) is 42.7 Å². The standard InChI is InChI=1S/C19H23ClN4O2/c20-17-6-5-16(24-9-11-26-12-10-24)13-18(17)23-19(25)22-8-2-4-15-3-1-7-21-14-15/h1,3,5-7,13-14H,2,4,8-12H2,(H2,22,23,25). The molecular formula is C19H23ClN4O2. The van der Waals surface area contributed by atoms with Crippen molar-refractivity contribution >= 4 is 29.0 Å². The van der Waals surface area contributed by atoms with Crippen molar-refractivity contribution in [1.29, 1.82) is 0 Å². The van der Waals surface area contributed by atoms with Crippen LogP contribution in [0.1, 0.15) is 12.0 Å².